The predicted octanol–water partition coefficient (Wildman–Crippen LogP) is 1.02. The van der Waals surface area contributed by atoms with Crippen molar-refractivity contribution in [3.05, 3.63) is 35.4 Å². The van der Waals surface area contributed by atoms with Crippen LogP contribution in [0.5, 0.6) is 0 Å². The maximum Gasteiger partial charge on any atom is 0.211 e. The van der Waals surface area contributed by atoms with Gasteiger partial charge in [-0.3, -0.25) is 0 Å². The summed E-state index contributed by atoms with van der Waals surface area (Å²) < 4.78 is 29.6. The molecule has 0 aliphatic carbocycles. The molecule has 0 saturated carbocycles. The molecule has 0 amide bonds. The summed E-state index contributed by atoms with van der Waals surface area (Å²) in [5, 5.41) is 0. The van der Waals surface area contributed by atoms with Crippen LogP contribution in [-0.2, 0) is 27.8 Å². The van der Waals surface area contributed by atoms with Gasteiger partial charge in [0.25, 0.3) is 0 Å². The highest BCUT2D eigenvalue weighted by Crippen LogP contribution is 2.20. The first-order chi connectivity index (χ1) is 7.97. The third-order valence-corrected chi connectivity index (χ3v) is 4.35. The zero-order valence-electron chi connectivity index (χ0n) is 10.1. The van der Waals surface area contributed by atoms with E-state index in [0.717, 1.165) is 6.42 Å². The fraction of sp³-hybridized carbons (Fsp3) is 0.500. The van der Waals surface area contributed by atoms with Gasteiger partial charge in [-0.05, 0) is 11.1 Å². The van der Waals surface area contributed by atoms with Gasteiger partial charge in [0, 0.05) is 20.0 Å². The van der Waals surface area contributed by atoms with E-state index in [1.165, 1.54) is 21.7 Å². The third kappa shape index (κ3) is 3.06. The highest BCUT2D eigenvalue weighted by atomic mass is 32.2. The minimum atomic E-state index is -3.13. The van der Waals surface area contributed by atoms with Crippen LogP contribution in [0.25, 0.3) is 0 Å². The SMILES string of the molecule is CN(CC1Cc2ccccc2CO1)S(C)(=O)=O. The molecule has 1 atom stereocenters. The average Bonchev–Trinajstić information content (AvgIpc) is 2.27. The first-order valence-corrected chi connectivity index (χ1v) is 7.41. The molecule has 94 valence electrons. The van der Waals surface area contributed by atoms with Gasteiger partial charge in [0.2, 0.25) is 10.0 Å². The number of rotatable bonds is 3. The van der Waals surface area contributed by atoms with Crippen LogP contribution < -0.4 is 0 Å². The van der Waals surface area contributed by atoms with Gasteiger partial charge in [-0.15, -0.1) is 0 Å². The van der Waals surface area contributed by atoms with Crippen molar-refractivity contribution < 1.29 is 13.2 Å². The molecule has 0 aromatic heterocycles. The molecule has 5 heteroatoms. The third-order valence-electron chi connectivity index (χ3n) is 3.07. The van der Waals surface area contributed by atoms with E-state index >= 15 is 0 Å². The highest BCUT2D eigenvalue weighted by Gasteiger charge is 2.22. The minimum absolute atomic E-state index is 0.0513. The van der Waals surface area contributed by atoms with E-state index < -0.39 is 10.0 Å². The second-order valence-corrected chi connectivity index (χ2v) is 6.54. The molecule has 0 fully saturated rings. The van der Waals surface area contributed by atoms with Crippen LogP contribution >= 0.6 is 0 Å². The van der Waals surface area contributed by atoms with Crippen LogP contribution in [0, 0.1) is 0 Å². The van der Waals surface area contributed by atoms with Crippen molar-refractivity contribution in [2.24, 2.45) is 0 Å². The first-order valence-electron chi connectivity index (χ1n) is 5.56. The van der Waals surface area contributed by atoms with Gasteiger partial charge >= 0.3 is 0 Å². The van der Waals surface area contributed by atoms with E-state index in [4.69, 9.17) is 4.74 Å². The molecule has 0 spiro atoms. The van der Waals surface area contributed by atoms with Gasteiger partial charge in [0.15, 0.2) is 0 Å². The van der Waals surface area contributed by atoms with Gasteiger partial charge in [0.1, 0.15) is 0 Å². The molecule has 0 N–H and O–H groups in total. The van der Waals surface area contributed by atoms with Crippen molar-refractivity contribution in [2.45, 2.75) is 19.1 Å². The molecule has 1 aromatic rings. The van der Waals surface area contributed by atoms with Gasteiger partial charge in [-0.2, -0.15) is 0 Å². The van der Waals surface area contributed by atoms with Crippen LogP contribution in [0.4, 0.5) is 0 Å². The summed E-state index contributed by atoms with van der Waals surface area (Å²) in [7, 11) is -1.54. The van der Waals surface area contributed by atoms with Gasteiger partial charge in [-0.1, -0.05) is 24.3 Å². The number of fused-ring (bicyclic) bond motifs is 1. The summed E-state index contributed by atoms with van der Waals surface area (Å²) in [5.41, 5.74) is 2.46. The Kier molecular flexibility index (Phi) is 3.51. The summed E-state index contributed by atoms with van der Waals surface area (Å²) >= 11 is 0. The molecule has 1 unspecified atom stereocenters. The molecule has 1 aliphatic heterocycles. The Labute approximate surface area is 102 Å². The Hall–Kier alpha value is -0.910. The summed E-state index contributed by atoms with van der Waals surface area (Å²) in [6.07, 6.45) is 1.93. The number of ether oxygens (including phenoxy) is 1. The van der Waals surface area contributed by atoms with Crippen LogP contribution in [0.15, 0.2) is 24.3 Å². The number of benzene rings is 1. The fourth-order valence-corrected chi connectivity index (χ4v) is 2.39. The lowest BCUT2D eigenvalue weighted by molar-refractivity contribution is 0.0203. The molecular weight excluding hydrogens is 238 g/mol. The Morgan fingerprint density at radius 2 is 2.00 bits per heavy atom. The van der Waals surface area contributed by atoms with E-state index in [1.807, 2.05) is 18.2 Å². The Balaban J connectivity index is 2.04. The van der Waals surface area contributed by atoms with E-state index in [2.05, 4.69) is 6.07 Å². The Bertz CT molecular complexity index is 498. The van der Waals surface area contributed by atoms with E-state index in [1.54, 1.807) is 7.05 Å². The standard InChI is InChI=1S/C12H17NO3S/c1-13(17(2,14)15)8-12-7-10-5-3-4-6-11(10)9-16-12/h3-6,12H,7-9H2,1-2H3. The van der Waals surface area contributed by atoms with Crippen LogP contribution in [0.2, 0.25) is 0 Å². The quantitative estimate of drug-likeness (QED) is 0.810. The topological polar surface area (TPSA) is 46.6 Å². The van der Waals surface area contributed by atoms with Crippen molar-refractivity contribution in [1.82, 2.24) is 4.31 Å². The molecule has 1 aliphatic rings. The van der Waals surface area contributed by atoms with Crippen molar-refractivity contribution in [1.29, 1.82) is 0 Å². The molecule has 1 heterocycles. The average molecular weight is 255 g/mol. The summed E-state index contributed by atoms with van der Waals surface area (Å²) in [6, 6.07) is 8.11. The second kappa shape index (κ2) is 4.76. The second-order valence-electron chi connectivity index (χ2n) is 4.45. The maximum absolute atomic E-state index is 11.3. The largest absolute Gasteiger partial charge is 0.372 e. The molecule has 0 bridgehead atoms. The molecule has 0 radical (unpaired) electrons. The van der Waals surface area contributed by atoms with Crippen molar-refractivity contribution in [3.8, 4) is 0 Å². The Morgan fingerprint density at radius 1 is 1.35 bits per heavy atom. The lowest BCUT2D eigenvalue weighted by atomic mass is 9.99. The number of hydrogen-bond donors (Lipinski definition) is 0. The number of likely N-dealkylation sites (N-methyl/N-ethyl adjacent to an activating group) is 1. The van der Waals surface area contributed by atoms with Crippen LogP contribution in [0.1, 0.15) is 11.1 Å². The molecule has 1 aromatic carbocycles. The van der Waals surface area contributed by atoms with E-state index in [0.29, 0.717) is 13.2 Å². The normalized spacial score (nSPS) is 20.3. The summed E-state index contributed by atoms with van der Waals surface area (Å²) in [6.45, 7) is 0.978. The zero-order chi connectivity index (χ0) is 12.5. The van der Waals surface area contributed by atoms with Gasteiger partial charge < -0.3 is 4.74 Å². The predicted molar refractivity (Wildman–Crippen MR) is 66.2 cm³/mol. The van der Waals surface area contributed by atoms with Crippen molar-refractivity contribution in [3.63, 3.8) is 0 Å². The molecule has 0 saturated heterocycles. The smallest absolute Gasteiger partial charge is 0.211 e. The van der Waals surface area contributed by atoms with Crippen molar-refractivity contribution in [2.75, 3.05) is 19.8 Å². The maximum atomic E-state index is 11.3. The van der Waals surface area contributed by atoms with Crippen LogP contribution in [-0.4, -0.2) is 38.7 Å². The lowest BCUT2D eigenvalue weighted by Gasteiger charge is -2.28. The van der Waals surface area contributed by atoms with E-state index in [-0.39, 0.29) is 6.10 Å². The lowest BCUT2D eigenvalue weighted by Crippen LogP contribution is -2.37. The Morgan fingerprint density at radius 3 is 2.65 bits per heavy atom. The molecular formula is C12H17NO3S. The number of hydrogen-bond acceptors (Lipinski definition) is 3. The van der Waals surface area contributed by atoms with Crippen molar-refractivity contribution >= 4 is 10.0 Å². The monoisotopic (exact) mass is 255 g/mol. The summed E-state index contributed by atoms with van der Waals surface area (Å²) in [4.78, 5) is 0. The minimum Gasteiger partial charge on any atom is -0.372 e. The van der Waals surface area contributed by atoms with Gasteiger partial charge in [0.05, 0.1) is 19.0 Å². The molecule has 2 rings (SSSR count). The van der Waals surface area contributed by atoms with Gasteiger partial charge in [-0.25, -0.2) is 12.7 Å². The number of sulfonamides is 1. The van der Waals surface area contributed by atoms with E-state index in [9.17, 15) is 8.42 Å². The zero-order valence-corrected chi connectivity index (χ0v) is 10.9. The molecule has 17 heavy (non-hydrogen) atoms. The highest BCUT2D eigenvalue weighted by molar-refractivity contribution is 7.88. The number of nitrogens with zero attached hydrogens (tertiary/aromatic N) is 1. The fourth-order valence-electron chi connectivity index (χ4n) is 1.95. The van der Waals surface area contributed by atoms with Crippen LogP contribution in [0.3, 0.4) is 0 Å². The molecule has 4 nitrogen and oxygen atoms in total. The summed E-state index contributed by atoms with van der Waals surface area (Å²) in [5.74, 6) is 0. The first kappa shape index (κ1) is 12.5.